The van der Waals surface area contributed by atoms with Gasteiger partial charge in [-0.3, -0.25) is 4.79 Å². The van der Waals surface area contributed by atoms with Crippen LogP contribution in [0.5, 0.6) is 5.75 Å². The molecule has 1 unspecified atom stereocenters. The Balaban J connectivity index is 1.64. The first-order valence-electron chi connectivity index (χ1n) is 8.42. The van der Waals surface area contributed by atoms with Crippen LogP contribution in [0.1, 0.15) is 35.5 Å². The molecule has 6 nitrogen and oxygen atoms in total. The van der Waals surface area contributed by atoms with Crippen LogP contribution in [-0.4, -0.2) is 42.3 Å². The molecule has 0 N–H and O–H groups in total. The minimum Gasteiger partial charge on any atom is -0.484 e. The van der Waals surface area contributed by atoms with E-state index < -0.39 is 5.82 Å². The number of rotatable bonds is 6. The Morgan fingerprint density at radius 3 is 3.04 bits per heavy atom. The van der Waals surface area contributed by atoms with Gasteiger partial charge in [0.2, 0.25) is 0 Å². The van der Waals surface area contributed by atoms with Gasteiger partial charge in [-0.15, -0.1) is 0 Å². The standard InChI is InChI=1S/C18H20ClFN2O4/c1-24-10-13-4-2-3-7-22(13)18(23)16-9-14(26-21-16)11-25-17-6-5-12(20)8-15(17)19/h5-6,8-9,13H,2-4,7,10-11H2,1H3. The Labute approximate surface area is 155 Å². The number of ether oxygens (including phenoxy) is 2. The highest BCUT2D eigenvalue weighted by atomic mass is 35.5. The molecule has 0 spiro atoms. The van der Waals surface area contributed by atoms with Crippen molar-refractivity contribution in [2.24, 2.45) is 0 Å². The van der Waals surface area contributed by atoms with E-state index in [0.29, 0.717) is 24.7 Å². The van der Waals surface area contributed by atoms with E-state index in [-0.39, 0.29) is 29.3 Å². The van der Waals surface area contributed by atoms with Crippen LogP contribution >= 0.6 is 11.6 Å². The quantitative estimate of drug-likeness (QED) is 0.762. The molecule has 1 fully saturated rings. The Morgan fingerprint density at radius 2 is 2.27 bits per heavy atom. The third kappa shape index (κ3) is 4.34. The number of carbonyl (C=O) groups excluding carboxylic acids is 1. The summed E-state index contributed by atoms with van der Waals surface area (Å²) in [6, 6.07) is 5.46. The highest BCUT2D eigenvalue weighted by molar-refractivity contribution is 6.32. The van der Waals surface area contributed by atoms with E-state index in [1.807, 2.05) is 0 Å². The summed E-state index contributed by atoms with van der Waals surface area (Å²) in [6.07, 6.45) is 2.95. The van der Waals surface area contributed by atoms with Crippen molar-refractivity contribution in [1.82, 2.24) is 10.1 Å². The summed E-state index contributed by atoms with van der Waals surface area (Å²) in [7, 11) is 1.63. The van der Waals surface area contributed by atoms with Crippen molar-refractivity contribution >= 4 is 17.5 Å². The van der Waals surface area contributed by atoms with E-state index in [0.717, 1.165) is 19.3 Å². The number of benzene rings is 1. The van der Waals surface area contributed by atoms with Crippen LogP contribution in [0.2, 0.25) is 5.02 Å². The number of halogens is 2. The van der Waals surface area contributed by atoms with Crippen molar-refractivity contribution in [3.63, 3.8) is 0 Å². The van der Waals surface area contributed by atoms with Gasteiger partial charge >= 0.3 is 0 Å². The largest absolute Gasteiger partial charge is 0.484 e. The summed E-state index contributed by atoms with van der Waals surface area (Å²) in [5, 5.41) is 4.02. The summed E-state index contributed by atoms with van der Waals surface area (Å²) < 4.78 is 28.9. The first-order chi connectivity index (χ1) is 12.6. The van der Waals surface area contributed by atoms with Crippen LogP contribution < -0.4 is 4.74 Å². The van der Waals surface area contributed by atoms with E-state index in [4.69, 9.17) is 25.6 Å². The lowest BCUT2D eigenvalue weighted by atomic mass is 10.0. The molecule has 1 saturated heterocycles. The summed E-state index contributed by atoms with van der Waals surface area (Å²) in [5.74, 6) is 0.0891. The van der Waals surface area contributed by atoms with Crippen molar-refractivity contribution in [2.75, 3.05) is 20.3 Å². The van der Waals surface area contributed by atoms with E-state index in [1.54, 1.807) is 18.1 Å². The fraction of sp³-hybridized carbons (Fsp3) is 0.444. The molecule has 2 aromatic rings. The fourth-order valence-corrected chi connectivity index (χ4v) is 3.23. The Hall–Kier alpha value is -2.12. The van der Waals surface area contributed by atoms with Crippen LogP contribution in [0.3, 0.4) is 0 Å². The minimum atomic E-state index is -0.443. The summed E-state index contributed by atoms with van der Waals surface area (Å²) in [6.45, 7) is 1.21. The maximum Gasteiger partial charge on any atom is 0.276 e. The number of carbonyl (C=O) groups is 1. The third-order valence-electron chi connectivity index (χ3n) is 4.29. The average molecular weight is 383 g/mol. The molecule has 0 saturated carbocycles. The van der Waals surface area contributed by atoms with Crippen LogP contribution in [0, 0.1) is 5.82 Å². The van der Waals surface area contributed by atoms with Crippen molar-refractivity contribution < 1.29 is 23.2 Å². The molecule has 1 aliphatic heterocycles. The van der Waals surface area contributed by atoms with Gasteiger partial charge in [0.15, 0.2) is 11.5 Å². The zero-order valence-electron chi connectivity index (χ0n) is 14.4. The normalized spacial score (nSPS) is 17.3. The Bertz CT molecular complexity index is 765. The lowest BCUT2D eigenvalue weighted by Crippen LogP contribution is -2.46. The predicted molar refractivity (Wildman–Crippen MR) is 92.8 cm³/mol. The zero-order valence-corrected chi connectivity index (χ0v) is 15.2. The number of aromatic nitrogens is 1. The monoisotopic (exact) mass is 382 g/mol. The van der Waals surface area contributed by atoms with E-state index in [2.05, 4.69) is 5.16 Å². The molecule has 2 heterocycles. The molecule has 1 atom stereocenters. The second kappa shape index (κ2) is 8.51. The molecule has 0 bridgehead atoms. The Kier molecular flexibility index (Phi) is 6.11. The molecule has 1 amide bonds. The van der Waals surface area contributed by atoms with Gasteiger partial charge in [-0.2, -0.15) is 0 Å². The summed E-state index contributed by atoms with van der Waals surface area (Å²) >= 11 is 5.91. The maximum absolute atomic E-state index is 13.0. The topological polar surface area (TPSA) is 64.8 Å². The van der Waals surface area contributed by atoms with Crippen LogP contribution in [-0.2, 0) is 11.3 Å². The number of nitrogens with zero attached hydrogens (tertiary/aromatic N) is 2. The Morgan fingerprint density at radius 1 is 1.42 bits per heavy atom. The lowest BCUT2D eigenvalue weighted by Gasteiger charge is -2.34. The van der Waals surface area contributed by atoms with Crippen molar-refractivity contribution in [1.29, 1.82) is 0 Å². The summed E-state index contributed by atoms with van der Waals surface area (Å²) in [4.78, 5) is 14.5. The van der Waals surface area contributed by atoms with E-state index >= 15 is 0 Å². The lowest BCUT2D eigenvalue weighted by molar-refractivity contribution is 0.0419. The first kappa shape index (κ1) is 18.7. The van der Waals surface area contributed by atoms with Crippen LogP contribution in [0.4, 0.5) is 4.39 Å². The van der Waals surface area contributed by atoms with Gasteiger partial charge in [0, 0.05) is 19.7 Å². The van der Waals surface area contributed by atoms with Crippen LogP contribution in [0.15, 0.2) is 28.8 Å². The highest BCUT2D eigenvalue weighted by Crippen LogP contribution is 2.26. The van der Waals surface area contributed by atoms with Gasteiger partial charge in [-0.05, 0) is 37.5 Å². The van der Waals surface area contributed by atoms with Gasteiger partial charge in [0.05, 0.1) is 17.7 Å². The molecule has 3 rings (SSSR count). The zero-order chi connectivity index (χ0) is 18.5. The number of piperidine rings is 1. The van der Waals surface area contributed by atoms with Crippen LogP contribution in [0.25, 0.3) is 0 Å². The second-order valence-corrected chi connectivity index (χ2v) is 6.55. The highest BCUT2D eigenvalue weighted by Gasteiger charge is 2.29. The SMILES string of the molecule is COCC1CCCCN1C(=O)c1cc(COc2ccc(F)cc2Cl)on1. The second-order valence-electron chi connectivity index (χ2n) is 6.15. The number of methoxy groups -OCH3 is 1. The smallest absolute Gasteiger partial charge is 0.276 e. The number of likely N-dealkylation sites (tertiary alicyclic amines) is 1. The van der Waals surface area contributed by atoms with Gasteiger partial charge in [-0.1, -0.05) is 16.8 Å². The van der Waals surface area contributed by atoms with Gasteiger partial charge in [-0.25, -0.2) is 4.39 Å². The number of hydrogen-bond acceptors (Lipinski definition) is 5. The molecule has 1 aromatic carbocycles. The van der Waals surface area contributed by atoms with Crippen molar-refractivity contribution in [3.8, 4) is 5.75 Å². The molecular formula is C18H20ClFN2O4. The molecule has 1 aliphatic rings. The minimum absolute atomic E-state index is 0.0349. The van der Waals surface area contributed by atoms with Gasteiger partial charge < -0.3 is 18.9 Å². The average Bonchev–Trinajstić information content (AvgIpc) is 3.10. The van der Waals surface area contributed by atoms with E-state index in [1.165, 1.54) is 18.2 Å². The predicted octanol–water partition coefficient (Wildman–Crippen LogP) is 3.69. The first-order valence-corrected chi connectivity index (χ1v) is 8.79. The molecule has 8 heteroatoms. The van der Waals surface area contributed by atoms with Gasteiger partial charge in [0.25, 0.3) is 5.91 Å². The fourth-order valence-electron chi connectivity index (χ4n) is 3.00. The van der Waals surface area contributed by atoms with Crippen molar-refractivity contribution in [3.05, 3.63) is 46.6 Å². The number of hydrogen-bond donors (Lipinski definition) is 0. The third-order valence-corrected chi connectivity index (χ3v) is 4.58. The van der Waals surface area contributed by atoms with E-state index in [9.17, 15) is 9.18 Å². The van der Waals surface area contributed by atoms with Gasteiger partial charge in [0.1, 0.15) is 18.2 Å². The molecular weight excluding hydrogens is 363 g/mol. The van der Waals surface area contributed by atoms with Crippen molar-refractivity contribution in [2.45, 2.75) is 31.9 Å². The molecule has 0 aliphatic carbocycles. The maximum atomic E-state index is 13.0. The number of amides is 1. The molecule has 1 aromatic heterocycles. The molecule has 26 heavy (non-hydrogen) atoms. The molecule has 0 radical (unpaired) electrons. The molecule has 140 valence electrons. The summed E-state index contributed by atoms with van der Waals surface area (Å²) in [5.41, 5.74) is 0.233.